The van der Waals surface area contributed by atoms with Gasteiger partial charge in [-0.2, -0.15) is 0 Å². The molecule has 1 amide bonds. The van der Waals surface area contributed by atoms with Crippen LogP contribution < -0.4 is 5.32 Å². The molecule has 0 aliphatic rings. The third-order valence-electron chi connectivity index (χ3n) is 15.2. The molecule has 0 aliphatic carbocycles. The first-order valence-electron chi connectivity index (χ1n) is 32.6. The molecule has 6 heteroatoms. The predicted molar refractivity (Wildman–Crippen MR) is 315 cm³/mol. The number of amides is 1. The summed E-state index contributed by atoms with van der Waals surface area (Å²) in [5, 5.41) is 23.0. The van der Waals surface area contributed by atoms with Gasteiger partial charge >= 0.3 is 5.97 Å². The molecule has 6 nitrogen and oxygen atoms in total. The van der Waals surface area contributed by atoms with Crippen molar-refractivity contribution in [1.82, 2.24) is 5.32 Å². The van der Waals surface area contributed by atoms with Crippen molar-refractivity contribution >= 4 is 11.9 Å². The Hall–Kier alpha value is -1.66. The molecular weight excluding hydrogens is 887 g/mol. The van der Waals surface area contributed by atoms with E-state index in [4.69, 9.17) is 4.74 Å². The zero-order valence-electron chi connectivity index (χ0n) is 48.7. The number of ether oxygens (including phenoxy) is 1. The molecule has 0 saturated carbocycles. The molecule has 3 N–H and O–H groups in total. The number of carbonyl (C=O) groups is 2. The van der Waals surface area contributed by atoms with Crippen LogP contribution in [0.5, 0.6) is 0 Å². The van der Waals surface area contributed by atoms with Gasteiger partial charge in [-0.05, 0) is 57.8 Å². The van der Waals surface area contributed by atoms with Crippen LogP contribution in [0.2, 0.25) is 0 Å². The standard InChI is InChI=1S/C66H127NO5/c1-3-5-7-9-11-13-14-15-16-17-31-34-37-40-44-48-52-56-60-66(71)72-61-57-53-49-45-41-38-35-32-29-27-25-23-21-19-18-20-22-24-26-28-30-33-36-39-43-47-51-55-59-65(70)67-63(62-68)64(69)58-54-50-46-42-12-10-8-6-4-2/h18-19,54,58,63-64,68-69H,3-17,20-53,55-57,59-62H2,1-2H3,(H,67,70)/b19-18-,58-54+. The number of allylic oxidation sites excluding steroid dienone is 3. The Morgan fingerprint density at radius 3 is 0.986 bits per heavy atom. The van der Waals surface area contributed by atoms with Gasteiger partial charge in [0.05, 0.1) is 25.4 Å². The van der Waals surface area contributed by atoms with E-state index in [2.05, 4.69) is 31.3 Å². The van der Waals surface area contributed by atoms with Crippen molar-refractivity contribution in [1.29, 1.82) is 0 Å². The lowest BCUT2D eigenvalue weighted by molar-refractivity contribution is -0.143. The lowest BCUT2D eigenvalue weighted by Gasteiger charge is -2.20. The summed E-state index contributed by atoms with van der Waals surface area (Å²) >= 11 is 0. The van der Waals surface area contributed by atoms with E-state index >= 15 is 0 Å². The Morgan fingerprint density at radius 1 is 0.375 bits per heavy atom. The van der Waals surface area contributed by atoms with E-state index in [9.17, 15) is 19.8 Å². The van der Waals surface area contributed by atoms with Crippen LogP contribution in [-0.2, 0) is 14.3 Å². The predicted octanol–water partition coefficient (Wildman–Crippen LogP) is 20.6. The third-order valence-corrected chi connectivity index (χ3v) is 15.2. The minimum Gasteiger partial charge on any atom is -0.466 e. The van der Waals surface area contributed by atoms with Gasteiger partial charge in [0.15, 0.2) is 0 Å². The normalized spacial score (nSPS) is 12.7. The van der Waals surface area contributed by atoms with E-state index in [1.807, 2.05) is 6.08 Å². The summed E-state index contributed by atoms with van der Waals surface area (Å²) in [7, 11) is 0. The summed E-state index contributed by atoms with van der Waals surface area (Å²) in [6.45, 7) is 4.90. The molecule has 0 saturated heterocycles. The maximum Gasteiger partial charge on any atom is 0.305 e. The molecular formula is C66H127NO5. The average molecular weight is 1010 g/mol. The summed E-state index contributed by atoms with van der Waals surface area (Å²) in [6.07, 6.45) is 76.8. The number of aliphatic hydroxyl groups excluding tert-OH is 2. The van der Waals surface area contributed by atoms with Crippen molar-refractivity contribution in [2.45, 2.75) is 373 Å². The fraction of sp³-hybridized carbons (Fsp3) is 0.909. The number of hydrogen-bond donors (Lipinski definition) is 3. The number of hydrogen-bond acceptors (Lipinski definition) is 5. The molecule has 0 bridgehead atoms. The van der Waals surface area contributed by atoms with E-state index in [0.717, 1.165) is 38.5 Å². The second-order valence-corrected chi connectivity index (χ2v) is 22.5. The van der Waals surface area contributed by atoms with Crippen LogP contribution in [0.3, 0.4) is 0 Å². The summed E-state index contributed by atoms with van der Waals surface area (Å²) in [5.74, 6) is -0.0494. The second-order valence-electron chi connectivity index (χ2n) is 22.5. The SMILES string of the molecule is CCCCCCCCC/C=C/C(O)C(CO)NC(=O)CCCCCCCCCCCCCC/C=C\CCCCCCCCCCCCCCOC(=O)CCCCCCCCCCCCCCCCCCCC. The molecule has 426 valence electrons. The van der Waals surface area contributed by atoms with Crippen LogP contribution in [0.1, 0.15) is 361 Å². The van der Waals surface area contributed by atoms with Crippen molar-refractivity contribution in [3.8, 4) is 0 Å². The number of unbranched alkanes of at least 4 members (excludes halogenated alkanes) is 48. The van der Waals surface area contributed by atoms with Gasteiger partial charge in [-0.3, -0.25) is 9.59 Å². The van der Waals surface area contributed by atoms with Gasteiger partial charge in [-0.15, -0.1) is 0 Å². The fourth-order valence-electron chi connectivity index (χ4n) is 10.2. The van der Waals surface area contributed by atoms with Gasteiger partial charge < -0.3 is 20.3 Å². The number of aliphatic hydroxyl groups is 2. The molecule has 2 atom stereocenters. The van der Waals surface area contributed by atoms with Gasteiger partial charge in [0.2, 0.25) is 5.91 Å². The van der Waals surface area contributed by atoms with E-state index < -0.39 is 12.1 Å². The molecule has 0 aromatic carbocycles. The smallest absolute Gasteiger partial charge is 0.305 e. The highest BCUT2D eigenvalue weighted by Crippen LogP contribution is 2.18. The topological polar surface area (TPSA) is 95.9 Å². The molecule has 0 aromatic rings. The lowest BCUT2D eigenvalue weighted by Crippen LogP contribution is -2.45. The van der Waals surface area contributed by atoms with Crippen molar-refractivity contribution in [3.05, 3.63) is 24.3 Å². The van der Waals surface area contributed by atoms with Crippen molar-refractivity contribution in [2.75, 3.05) is 13.2 Å². The summed E-state index contributed by atoms with van der Waals surface area (Å²) < 4.78 is 5.51. The van der Waals surface area contributed by atoms with Crippen LogP contribution in [0.25, 0.3) is 0 Å². The minimum absolute atomic E-state index is 0.0201. The first-order chi connectivity index (χ1) is 35.5. The van der Waals surface area contributed by atoms with Crippen molar-refractivity contribution in [3.63, 3.8) is 0 Å². The molecule has 0 heterocycles. The van der Waals surface area contributed by atoms with E-state index in [1.165, 1.54) is 295 Å². The van der Waals surface area contributed by atoms with Gasteiger partial charge in [-0.1, -0.05) is 314 Å². The van der Waals surface area contributed by atoms with Gasteiger partial charge in [0.25, 0.3) is 0 Å². The van der Waals surface area contributed by atoms with Crippen LogP contribution in [0.4, 0.5) is 0 Å². The highest BCUT2D eigenvalue weighted by molar-refractivity contribution is 5.76. The van der Waals surface area contributed by atoms with E-state index in [-0.39, 0.29) is 18.5 Å². The van der Waals surface area contributed by atoms with Crippen molar-refractivity contribution < 1.29 is 24.5 Å². The highest BCUT2D eigenvalue weighted by atomic mass is 16.5. The first kappa shape index (κ1) is 70.3. The maximum atomic E-state index is 12.4. The van der Waals surface area contributed by atoms with Crippen LogP contribution in [0, 0.1) is 0 Å². The van der Waals surface area contributed by atoms with Gasteiger partial charge in [0.1, 0.15) is 0 Å². The van der Waals surface area contributed by atoms with Crippen molar-refractivity contribution in [2.24, 2.45) is 0 Å². The summed E-state index contributed by atoms with van der Waals surface area (Å²) in [6, 6.07) is -0.625. The molecule has 72 heavy (non-hydrogen) atoms. The Bertz CT molecular complexity index is 1120. The maximum absolute atomic E-state index is 12.4. The third kappa shape index (κ3) is 57.6. The van der Waals surface area contributed by atoms with Gasteiger partial charge in [0, 0.05) is 12.8 Å². The zero-order valence-corrected chi connectivity index (χ0v) is 48.7. The Labute approximate surface area is 450 Å². The Balaban J connectivity index is 3.33. The largest absolute Gasteiger partial charge is 0.466 e. The number of esters is 1. The van der Waals surface area contributed by atoms with Crippen LogP contribution in [0.15, 0.2) is 24.3 Å². The number of carbonyl (C=O) groups excluding carboxylic acids is 2. The van der Waals surface area contributed by atoms with Gasteiger partial charge in [-0.25, -0.2) is 0 Å². The van der Waals surface area contributed by atoms with E-state index in [1.54, 1.807) is 6.08 Å². The molecule has 0 fully saturated rings. The zero-order chi connectivity index (χ0) is 52.2. The molecule has 0 rings (SSSR count). The Morgan fingerprint density at radius 2 is 0.653 bits per heavy atom. The molecule has 0 radical (unpaired) electrons. The quantitative estimate of drug-likeness (QED) is 0.0320. The fourth-order valence-corrected chi connectivity index (χ4v) is 10.2. The molecule has 2 unspecified atom stereocenters. The number of rotatable bonds is 61. The molecule has 0 aromatic heterocycles. The number of nitrogens with one attached hydrogen (secondary N) is 1. The first-order valence-corrected chi connectivity index (χ1v) is 32.6. The molecule has 0 spiro atoms. The monoisotopic (exact) mass is 1010 g/mol. The minimum atomic E-state index is -0.841. The average Bonchev–Trinajstić information content (AvgIpc) is 3.38. The summed E-state index contributed by atoms with van der Waals surface area (Å²) in [5.41, 5.74) is 0. The highest BCUT2D eigenvalue weighted by Gasteiger charge is 2.18. The van der Waals surface area contributed by atoms with Crippen LogP contribution >= 0.6 is 0 Å². The van der Waals surface area contributed by atoms with E-state index in [0.29, 0.717) is 19.4 Å². The Kier molecular flexibility index (Phi) is 60.5. The van der Waals surface area contributed by atoms with Crippen LogP contribution in [-0.4, -0.2) is 47.4 Å². The summed E-state index contributed by atoms with van der Waals surface area (Å²) in [4.78, 5) is 24.5. The lowest BCUT2D eigenvalue weighted by atomic mass is 10.0. The second kappa shape index (κ2) is 61.9. The molecule has 0 aliphatic heterocycles.